The van der Waals surface area contributed by atoms with Crippen LogP contribution in [0.25, 0.3) is 0 Å². The highest BCUT2D eigenvalue weighted by Gasteiger charge is 1.93. The van der Waals surface area contributed by atoms with Crippen LogP contribution in [0.1, 0.15) is 12.5 Å². The molecule has 1 aromatic rings. The lowest BCUT2D eigenvalue weighted by Crippen LogP contribution is -2.04. The Morgan fingerprint density at radius 3 is 2.71 bits per heavy atom. The molecule has 0 spiro atoms. The fraction of sp³-hybridized carbons (Fsp3) is 0.455. The summed E-state index contributed by atoms with van der Waals surface area (Å²) in [5, 5.41) is 0. The van der Waals surface area contributed by atoms with Crippen molar-refractivity contribution in [2.45, 2.75) is 13.5 Å². The van der Waals surface area contributed by atoms with E-state index in [-0.39, 0.29) is 0 Å². The van der Waals surface area contributed by atoms with Crippen LogP contribution in [0.4, 0.5) is 5.69 Å². The van der Waals surface area contributed by atoms with E-state index in [1.165, 1.54) is 0 Å². The van der Waals surface area contributed by atoms with E-state index in [0.717, 1.165) is 17.9 Å². The molecule has 0 atom stereocenters. The standard InChI is InChI=1S/C11H17NO2/c1-2-13-6-7-14-9-10-4-3-5-11(12)8-10/h3-5,8H,2,6-7,9,12H2,1H3. The molecule has 14 heavy (non-hydrogen) atoms. The molecule has 0 heterocycles. The molecule has 0 amide bonds. The zero-order valence-corrected chi connectivity index (χ0v) is 8.53. The smallest absolute Gasteiger partial charge is 0.0718 e. The first-order chi connectivity index (χ1) is 6.83. The Morgan fingerprint density at radius 2 is 2.00 bits per heavy atom. The van der Waals surface area contributed by atoms with Crippen molar-refractivity contribution in [3.05, 3.63) is 29.8 Å². The Hall–Kier alpha value is -1.06. The topological polar surface area (TPSA) is 44.5 Å². The normalized spacial score (nSPS) is 10.4. The molecular weight excluding hydrogens is 178 g/mol. The Balaban J connectivity index is 2.18. The van der Waals surface area contributed by atoms with Crippen LogP contribution in [0.5, 0.6) is 0 Å². The Labute approximate surface area is 84.8 Å². The molecule has 0 aromatic heterocycles. The molecule has 1 rings (SSSR count). The van der Waals surface area contributed by atoms with Crippen LogP contribution in [-0.2, 0) is 16.1 Å². The van der Waals surface area contributed by atoms with Gasteiger partial charge < -0.3 is 15.2 Å². The van der Waals surface area contributed by atoms with Crippen LogP contribution >= 0.6 is 0 Å². The van der Waals surface area contributed by atoms with E-state index in [4.69, 9.17) is 15.2 Å². The predicted molar refractivity (Wildman–Crippen MR) is 57.0 cm³/mol. The minimum atomic E-state index is 0.595. The van der Waals surface area contributed by atoms with Gasteiger partial charge in [0.25, 0.3) is 0 Å². The zero-order chi connectivity index (χ0) is 10.2. The first-order valence-corrected chi connectivity index (χ1v) is 4.83. The summed E-state index contributed by atoms with van der Waals surface area (Å²) in [6.45, 7) is 4.58. The number of anilines is 1. The predicted octanol–water partition coefficient (Wildman–Crippen LogP) is 1.82. The van der Waals surface area contributed by atoms with Gasteiger partial charge in [-0.25, -0.2) is 0 Å². The van der Waals surface area contributed by atoms with Gasteiger partial charge in [0.1, 0.15) is 0 Å². The van der Waals surface area contributed by atoms with Gasteiger partial charge in [0.2, 0.25) is 0 Å². The minimum Gasteiger partial charge on any atom is -0.399 e. The highest BCUT2D eigenvalue weighted by molar-refractivity contribution is 5.40. The van der Waals surface area contributed by atoms with Gasteiger partial charge in [-0.3, -0.25) is 0 Å². The van der Waals surface area contributed by atoms with Crippen LogP contribution in [0, 0.1) is 0 Å². The molecule has 0 aliphatic heterocycles. The second-order valence-corrected chi connectivity index (χ2v) is 2.99. The molecule has 0 saturated heterocycles. The van der Waals surface area contributed by atoms with Crippen LogP contribution in [0.2, 0.25) is 0 Å². The van der Waals surface area contributed by atoms with E-state index in [9.17, 15) is 0 Å². The number of hydrogen-bond donors (Lipinski definition) is 1. The fourth-order valence-corrected chi connectivity index (χ4v) is 1.14. The summed E-state index contributed by atoms with van der Waals surface area (Å²) in [4.78, 5) is 0. The van der Waals surface area contributed by atoms with Crippen LogP contribution in [0.15, 0.2) is 24.3 Å². The lowest BCUT2D eigenvalue weighted by atomic mass is 10.2. The van der Waals surface area contributed by atoms with Gasteiger partial charge in [-0.05, 0) is 24.6 Å². The Kier molecular flexibility index (Phi) is 5.04. The average Bonchev–Trinajstić information content (AvgIpc) is 2.18. The van der Waals surface area contributed by atoms with Crippen molar-refractivity contribution in [1.29, 1.82) is 0 Å². The SMILES string of the molecule is CCOCCOCc1cccc(N)c1. The minimum absolute atomic E-state index is 0.595. The fourth-order valence-electron chi connectivity index (χ4n) is 1.14. The molecule has 2 N–H and O–H groups in total. The third kappa shape index (κ3) is 4.25. The average molecular weight is 195 g/mol. The van der Waals surface area contributed by atoms with Crippen molar-refractivity contribution in [1.82, 2.24) is 0 Å². The number of ether oxygens (including phenoxy) is 2. The molecule has 0 bridgehead atoms. The summed E-state index contributed by atoms with van der Waals surface area (Å²) >= 11 is 0. The van der Waals surface area contributed by atoms with Crippen LogP contribution in [0.3, 0.4) is 0 Å². The monoisotopic (exact) mass is 195 g/mol. The summed E-state index contributed by atoms with van der Waals surface area (Å²) < 4.78 is 10.5. The largest absolute Gasteiger partial charge is 0.399 e. The van der Waals surface area contributed by atoms with Gasteiger partial charge in [-0.1, -0.05) is 12.1 Å². The number of rotatable bonds is 6. The Bertz CT molecular complexity index is 263. The summed E-state index contributed by atoms with van der Waals surface area (Å²) in [7, 11) is 0. The quantitative estimate of drug-likeness (QED) is 0.556. The number of nitrogens with two attached hydrogens (primary N) is 1. The molecule has 0 unspecified atom stereocenters. The molecule has 1 aromatic carbocycles. The second kappa shape index (κ2) is 6.40. The summed E-state index contributed by atoms with van der Waals surface area (Å²) in [5.74, 6) is 0. The zero-order valence-electron chi connectivity index (χ0n) is 8.53. The molecule has 78 valence electrons. The third-order valence-corrected chi connectivity index (χ3v) is 1.80. The van der Waals surface area contributed by atoms with Crippen LogP contribution in [-0.4, -0.2) is 19.8 Å². The van der Waals surface area contributed by atoms with Gasteiger partial charge in [-0.2, -0.15) is 0 Å². The van der Waals surface area contributed by atoms with Crippen molar-refractivity contribution in [2.75, 3.05) is 25.6 Å². The maximum Gasteiger partial charge on any atom is 0.0718 e. The lowest BCUT2D eigenvalue weighted by molar-refractivity contribution is 0.0453. The molecule has 0 radical (unpaired) electrons. The highest BCUT2D eigenvalue weighted by Crippen LogP contribution is 2.07. The summed E-state index contributed by atoms with van der Waals surface area (Å²) in [5.41, 5.74) is 7.50. The molecule has 0 fully saturated rings. The highest BCUT2D eigenvalue weighted by atomic mass is 16.5. The third-order valence-electron chi connectivity index (χ3n) is 1.80. The molecule has 0 saturated carbocycles. The van der Waals surface area contributed by atoms with Crippen molar-refractivity contribution in [3.63, 3.8) is 0 Å². The van der Waals surface area contributed by atoms with E-state index in [1.807, 2.05) is 31.2 Å². The maximum atomic E-state index is 5.63. The summed E-state index contributed by atoms with van der Waals surface area (Å²) in [6.07, 6.45) is 0. The van der Waals surface area contributed by atoms with Crippen molar-refractivity contribution in [2.24, 2.45) is 0 Å². The maximum absolute atomic E-state index is 5.63. The molecule has 3 nitrogen and oxygen atoms in total. The van der Waals surface area contributed by atoms with Gasteiger partial charge in [0.15, 0.2) is 0 Å². The van der Waals surface area contributed by atoms with E-state index < -0.39 is 0 Å². The Morgan fingerprint density at radius 1 is 1.21 bits per heavy atom. The first-order valence-electron chi connectivity index (χ1n) is 4.83. The van der Waals surface area contributed by atoms with Gasteiger partial charge in [0.05, 0.1) is 19.8 Å². The summed E-state index contributed by atoms with van der Waals surface area (Å²) in [6, 6.07) is 7.71. The molecule has 0 aliphatic rings. The number of benzene rings is 1. The van der Waals surface area contributed by atoms with E-state index >= 15 is 0 Å². The van der Waals surface area contributed by atoms with Crippen molar-refractivity contribution >= 4 is 5.69 Å². The van der Waals surface area contributed by atoms with Crippen molar-refractivity contribution < 1.29 is 9.47 Å². The number of hydrogen-bond acceptors (Lipinski definition) is 3. The van der Waals surface area contributed by atoms with Gasteiger partial charge in [-0.15, -0.1) is 0 Å². The van der Waals surface area contributed by atoms with Crippen LogP contribution < -0.4 is 5.73 Å². The molecular formula is C11H17NO2. The van der Waals surface area contributed by atoms with Crippen molar-refractivity contribution in [3.8, 4) is 0 Å². The second-order valence-electron chi connectivity index (χ2n) is 2.99. The van der Waals surface area contributed by atoms with E-state index in [0.29, 0.717) is 19.8 Å². The number of nitrogen functional groups attached to an aromatic ring is 1. The first kappa shape index (κ1) is 11.0. The van der Waals surface area contributed by atoms with Gasteiger partial charge in [0, 0.05) is 12.3 Å². The van der Waals surface area contributed by atoms with E-state index in [2.05, 4.69) is 0 Å². The molecule has 0 aliphatic carbocycles. The van der Waals surface area contributed by atoms with E-state index in [1.54, 1.807) is 0 Å². The molecule has 3 heteroatoms. The van der Waals surface area contributed by atoms with Gasteiger partial charge >= 0.3 is 0 Å². The lowest BCUT2D eigenvalue weighted by Gasteiger charge is -2.04.